The quantitative estimate of drug-likeness (QED) is 0.817. The number of H-pyrrole nitrogens is 1. The van der Waals surface area contributed by atoms with Gasteiger partial charge in [-0.15, -0.1) is 0 Å². The van der Waals surface area contributed by atoms with E-state index in [0.717, 1.165) is 24.7 Å². The van der Waals surface area contributed by atoms with Crippen LogP contribution in [-0.2, 0) is 6.42 Å². The van der Waals surface area contributed by atoms with Crippen LogP contribution in [0.3, 0.4) is 0 Å². The summed E-state index contributed by atoms with van der Waals surface area (Å²) in [6.45, 7) is 0. The van der Waals surface area contributed by atoms with Crippen LogP contribution in [0.2, 0.25) is 0 Å². The Labute approximate surface area is 121 Å². The van der Waals surface area contributed by atoms with Crippen LogP contribution >= 0.6 is 0 Å². The van der Waals surface area contributed by atoms with E-state index in [9.17, 15) is 0 Å². The van der Waals surface area contributed by atoms with Crippen molar-refractivity contribution in [3.8, 4) is 0 Å². The number of imidazole rings is 1. The van der Waals surface area contributed by atoms with E-state index in [2.05, 4.69) is 4.98 Å². The third kappa shape index (κ3) is 2.20. The Morgan fingerprint density at radius 3 is 2.65 bits per heavy atom. The lowest BCUT2D eigenvalue weighted by Gasteiger charge is -2.38. The van der Waals surface area contributed by atoms with Crippen LogP contribution in [0.15, 0.2) is 0 Å². The number of nitrogens with zero attached hydrogens (tertiary/aromatic N) is 1. The van der Waals surface area contributed by atoms with Crippen molar-refractivity contribution in [1.29, 1.82) is 0 Å². The maximum absolute atomic E-state index is 6.21. The Morgan fingerprint density at radius 2 is 1.80 bits per heavy atom. The summed E-state index contributed by atoms with van der Waals surface area (Å²) in [7, 11) is 0. The SMILES string of the molecule is NC1CCCc2[nH]c(C3CCC4CCCCC4C3)nc21. The second-order valence-electron chi connectivity index (χ2n) is 7.30. The molecule has 3 nitrogen and oxygen atoms in total. The van der Waals surface area contributed by atoms with Gasteiger partial charge in [0.05, 0.1) is 5.69 Å². The summed E-state index contributed by atoms with van der Waals surface area (Å²) in [5, 5.41) is 0. The van der Waals surface area contributed by atoms with Gasteiger partial charge in [-0.05, 0) is 50.4 Å². The number of fused-ring (bicyclic) bond motifs is 2. The minimum absolute atomic E-state index is 0.176. The predicted molar refractivity (Wildman–Crippen MR) is 80.5 cm³/mol. The molecule has 3 heteroatoms. The molecule has 3 aliphatic rings. The fraction of sp³-hybridized carbons (Fsp3) is 0.824. The van der Waals surface area contributed by atoms with Crippen LogP contribution in [-0.4, -0.2) is 9.97 Å². The Hall–Kier alpha value is -0.830. The third-order valence-electron chi connectivity index (χ3n) is 6.05. The van der Waals surface area contributed by atoms with E-state index in [1.807, 2.05) is 0 Å². The van der Waals surface area contributed by atoms with Gasteiger partial charge >= 0.3 is 0 Å². The van der Waals surface area contributed by atoms with E-state index in [4.69, 9.17) is 10.7 Å². The van der Waals surface area contributed by atoms with Crippen LogP contribution in [0.5, 0.6) is 0 Å². The Kier molecular flexibility index (Phi) is 3.33. The molecule has 0 aromatic carbocycles. The summed E-state index contributed by atoms with van der Waals surface area (Å²) in [6.07, 6.45) is 13.5. The largest absolute Gasteiger partial charge is 0.345 e. The van der Waals surface area contributed by atoms with Crippen LogP contribution in [0.4, 0.5) is 0 Å². The van der Waals surface area contributed by atoms with Crippen LogP contribution in [0, 0.1) is 11.8 Å². The molecule has 110 valence electrons. The molecule has 1 heterocycles. The number of hydrogen-bond donors (Lipinski definition) is 2. The lowest BCUT2D eigenvalue weighted by atomic mass is 9.67. The summed E-state index contributed by atoms with van der Waals surface area (Å²) in [6, 6.07) is 0.176. The first-order chi connectivity index (χ1) is 9.81. The zero-order chi connectivity index (χ0) is 13.5. The van der Waals surface area contributed by atoms with Gasteiger partial charge in [0.15, 0.2) is 0 Å². The summed E-state index contributed by atoms with van der Waals surface area (Å²) in [4.78, 5) is 8.55. The topological polar surface area (TPSA) is 54.7 Å². The monoisotopic (exact) mass is 273 g/mol. The highest BCUT2D eigenvalue weighted by atomic mass is 15.0. The number of nitrogens with two attached hydrogens (primary N) is 1. The fourth-order valence-electron chi connectivity index (χ4n) is 4.89. The predicted octanol–water partition coefficient (Wildman–Crippen LogP) is 3.82. The molecule has 4 rings (SSSR count). The molecule has 0 saturated heterocycles. The Bertz CT molecular complexity index is 479. The Balaban J connectivity index is 1.53. The molecular formula is C17H27N3. The molecule has 0 radical (unpaired) electrons. The van der Waals surface area contributed by atoms with E-state index < -0.39 is 0 Å². The molecule has 20 heavy (non-hydrogen) atoms. The second-order valence-corrected chi connectivity index (χ2v) is 7.30. The maximum Gasteiger partial charge on any atom is 0.109 e. The van der Waals surface area contributed by atoms with Crippen molar-refractivity contribution in [2.24, 2.45) is 17.6 Å². The van der Waals surface area contributed by atoms with Crippen LogP contribution < -0.4 is 5.73 Å². The first kappa shape index (κ1) is 12.9. The molecule has 0 aliphatic heterocycles. The Morgan fingerprint density at radius 1 is 0.950 bits per heavy atom. The number of aromatic nitrogens is 2. The van der Waals surface area contributed by atoms with Crippen molar-refractivity contribution < 1.29 is 0 Å². The molecule has 4 unspecified atom stereocenters. The van der Waals surface area contributed by atoms with Gasteiger partial charge in [-0.3, -0.25) is 0 Å². The standard InChI is InChI=1S/C17H27N3/c18-14-6-3-7-15-16(14)20-17(19-15)13-9-8-11-4-1-2-5-12(11)10-13/h11-14H,1-10,18H2,(H,19,20). The first-order valence-corrected chi connectivity index (χ1v) is 8.65. The van der Waals surface area contributed by atoms with Gasteiger partial charge in [0, 0.05) is 17.7 Å². The van der Waals surface area contributed by atoms with Crippen molar-refractivity contribution in [2.75, 3.05) is 0 Å². The van der Waals surface area contributed by atoms with E-state index in [1.54, 1.807) is 0 Å². The number of nitrogens with one attached hydrogen (secondary N) is 1. The minimum atomic E-state index is 0.176. The lowest BCUT2D eigenvalue weighted by Crippen LogP contribution is -2.27. The summed E-state index contributed by atoms with van der Waals surface area (Å²) in [5.74, 6) is 3.92. The van der Waals surface area contributed by atoms with Gasteiger partial charge in [-0.1, -0.05) is 25.7 Å². The van der Waals surface area contributed by atoms with Crippen molar-refractivity contribution in [1.82, 2.24) is 9.97 Å². The highest BCUT2D eigenvalue weighted by Gasteiger charge is 2.34. The number of rotatable bonds is 1. The van der Waals surface area contributed by atoms with Crippen molar-refractivity contribution >= 4 is 0 Å². The van der Waals surface area contributed by atoms with Gasteiger partial charge < -0.3 is 10.7 Å². The molecule has 0 spiro atoms. The fourth-order valence-corrected chi connectivity index (χ4v) is 4.89. The molecular weight excluding hydrogens is 246 g/mol. The van der Waals surface area contributed by atoms with Crippen LogP contribution in [0.1, 0.15) is 87.0 Å². The molecule has 2 fully saturated rings. The van der Waals surface area contributed by atoms with Crippen molar-refractivity contribution in [2.45, 2.75) is 76.2 Å². The lowest BCUT2D eigenvalue weighted by molar-refractivity contribution is 0.153. The zero-order valence-corrected chi connectivity index (χ0v) is 12.4. The van der Waals surface area contributed by atoms with Gasteiger partial charge in [-0.25, -0.2) is 4.98 Å². The molecule has 0 amide bonds. The molecule has 4 atom stereocenters. The average Bonchev–Trinajstić information content (AvgIpc) is 2.92. The van der Waals surface area contributed by atoms with Crippen LogP contribution in [0.25, 0.3) is 0 Å². The van der Waals surface area contributed by atoms with E-state index >= 15 is 0 Å². The first-order valence-electron chi connectivity index (χ1n) is 8.65. The highest BCUT2D eigenvalue weighted by Crippen LogP contribution is 2.45. The normalized spacial score (nSPS) is 37.2. The third-order valence-corrected chi connectivity index (χ3v) is 6.05. The van der Waals surface area contributed by atoms with E-state index in [-0.39, 0.29) is 6.04 Å². The summed E-state index contributed by atoms with van der Waals surface area (Å²) in [5.41, 5.74) is 8.73. The minimum Gasteiger partial charge on any atom is -0.345 e. The van der Waals surface area contributed by atoms with E-state index in [1.165, 1.54) is 68.6 Å². The number of hydrogen-bond acceptors (Lipinski definition) is 2. The van der Waals surface area contributed by atoms with Gasteiger partial charge in [0.2, 0.25) is 0 Å². The maximum atomic E-state index is 6.21. The number of aryl methyl sites for hydroxylation is 1. The summed E-state index contributed by atoms with van der Waals surface area (Å²) >= 11 is 0. The zero-order valence-electron chi connectivity index (χ0n) is 12.4. The van der Waals surface area contributed by atoms with Gasteiger partial charge in [-0.2, -0.15) is 0 Å². The molecule has 2 saturated carbocycles. The van der Waals surface area contributed by atoms with Gasteiger partial charge in [0.1, 0.15) is 5.82 Å². The molecule has 1 aromatic heterocycles. The highest BCUT2D eigenvalue weighted by molar-refractivity contribution is 5.23. The molecule has 3 N–H and O–H groups in total. The van der Waals surface area contributed by atoms with Crippen molar-refractivity contribution in [3.63, 3.8) is 0 Å². The second kappa shape index (κ2) is 5.18. The molecule has 1 aromatic rings. The number of aromatic amines is 1. The smallest absolute Gasteiger partial charge is 0.109 e. The molecule has 0 bridgehead atoms. The molecule has 3 aliphatic carbocycles. The van der Waals surface area contributed by atoms with E-state index in [0.29, 0.717) is 5.92 Å². The van der Waals surface area contributed by atoms with Crippen molar-refractivity contribution in [3.05, 3.63) is 17.2 Å². The average molecular weight is 273 g/mol. The summed E-state index contributed by atoms with van der Waals surface area (Å²) < 4.78 is 0. The van der Waals surface area contributed by atoms with Gasteiger partial charge in [0.25, 0.3) is 0 Å².